The van der Waals surface area contributed by atoms with Crippen molar-refractivity contribution in [2.75, 3.05) is 30.8 Å². The van der Waals surface area contributed by atoms with E-state index in [0.29, 0.717) is 30.4 Å². The molecule has 0 aromatic heterocycles. The Morgan fingerprint density at radius 3 is 2.39 bits per heavy atom. The van der Waals surface area contributed by atoms with E-state index in [1.54, 1.807) is 24.0 Å². The third kappa shape index (κ3) is 5.58. The summed E-state index contributed by atoms with van der Waals surface area (Å²) in [5.41, 5.74) is 2.60. The molecule has 0 saturated carbocycles. The smallest absolute Gasteiger partial charge is 0.246 e. The minimum atomic E-state index is -3.70. The van der Waals surface area contributed by atoms with Gasteiger partial charge in [0.05, 0.1) is 19.1 Å². The maximum absolute atomic E-state index is 13.3. The highest BCUT2D eigenvalue weighted by Crippen LogP contribution is 2.33. The second-order valence-electron chi connectivity index (χ2n) is 8.37. The Labute approximate surface area is 185 Å². The van der Waals surface area contributed by atoms with Crippen LogP contribution < -0.4 is 9.04 Å². The number of carbonyl (C=O) groups excluding carboxylic acids is 1. The van der Waals surface area contributed by atoms with Gasteiger partial charge >= 0.3 is 0 Å². The summed E-state index contributed by atoms with van der Waals surface area (Å²) in [6.45, 7) is 4.82. The standard InChI is InChI=1S/C24H32N2O4S/c1-18-10-11-23(30-3)22(16-18)26(31(4,28)29)19(2)24(27)25-14-12-21(13-15-25)17-20-8-6-5-7-9-20/h5-11,16,19,21H,12-15,17H2,1-4H3. The van der Waals surface area contributed by atoms with E-state index in [0.717, 1.165) is 31.1 Å². The van der Waals surface area contributed by atoms with E-state index in [9.17, 15) is 13.2 Å². The monoisotopic (exact) mass is 444 g/mol. The molecule has 2 aromatic carbocycles. The molecule has 1 atom stereocenters. The van der Waals surface area contributed by atoms with Crippen LogP contribution in [-0.4, -0.2) is 51.7 Å². The summed E-state index contributed by atoms with van der Waals surface area (Å²) in [6.07, 6.45) is 3.97. The van der Waals surface area contributed by atoms with Gasteiger partial charge in [-0.05, 0) is 62.3 Å². The van der Waals surface area contributed by atoms with Gasteiger partial charge in [-0.2, -0.15) is 0 Å². The summed E-state index contributed by atoms with van der Waals surface area (Å²) in [7, 11) is -2.20. The summed E-state index contributed by atoms with van der Waals surface area (Å²) in [4.78, 5) is 15.1. The maximum Gasteiger partial charge on any atom is 0.246 e. The second-order valence-corrected chi connectivity index (χ2v) is 10.2. The van der Waals surface area contributed by atoms with Crippen molar-refractivity contribution in [1.82, 2.24) is 4.90 Å². The molecule has 1 saturated heterocycles. The minimum absolute atomic E-state index is 0.174. The van der Waals surface area contributed by atoms with Gasteiger partial charge < -0.3 is 9.64 Å². The van der Waals surface area contributed by atoms with Crippen LogP contribution >= 0.6 is 0 Å². The first-order chi connectivity index (χ1) is 14.7. The first-order valence-corrected chi connectivity index (χ1v) is 12.5. The van der Waals surface area contributed by atoms with E-state index in [1.807, 2.05) is 19.1 Å². The van der Waals surface area contributed by atoms with Gasteiger partial charge in [-0.3, -0.25) is 9.10 Å². The van der Waals surface area contributed by atoms with Crippen molar-refractivity contribution in [3.63, 3.8) is 0 Å². The predicted molar refractivity (Wildman–Crippen MR) is 124 cm³/mol. The molecular weight excluding hydrogens is 412 g/mol. The number of carbonyl (C=O) groups is 1. The highest BCUT2D eigenvalue weighted by atomic mass is 32.2. The maximum atomic E-state index is 13.3. The lowest BCUT2D eigenvalue weighted by molar-refractivity contribution is -0.133. The van der Waals surface area contributed by atoms with Crippen molar-refractivity contribution in [3.05, 3.63) is 59.7 Å². The number of ether oxygens (including phenoxy) is 1. The zero-order chi connectivity index (χ0) is 22.6. The fourth-order valence-electron chi connectivity index (χ4n) is 4.32. The molecule has 1 unspecified atom stereocenters. The number of rotatable bonds is 7. The number of hydrogen-bond donors (Lipinski definition) is 0. The average molecular weight is 445 g/mol. The topological polar surface area (TPSA) is 66.9 Å². The third-order valence-corrected chi connectivity index (χ3v) is 7.16. The Hall–Kier alpha value is -2.54. The summed E-state index contributed by atoms with van der Waals surface area (Å²) in [6, 6.07) is 14.9. The van der Waals surface area contributed by atoms with Crippen LogP contribution in [0.25, 0.3) is 0 Å². The third-order valence-electron chi connectivity index (χ3n) is 5.93. The fourth-order valence-corrected chi connectivity index (χ4v) is 5.48. The summed E-state index contributed by atoms with van der Waals surface area (Å²) in [5.74, 6) is 0.786. The molecule has 0 aliphatic carbocycles. The molecule has 0 radical (unpaired) electrons. The number of piperidine rings is 1. The van der Waals surface area contributed by atoms with Crippen molar-refractivity contribution in [2.24, 2.45) is 5.92 Å². The number of hydrogen-bond acceptors (Lipinski definition) is 4. The van der Waals surface area contributed by atoms with E-state index in [4.69, 9.17) is 4.74 Å². The normalized spacial score (nSPS) is 16.1. The van der Waals surface area contributed by atoms with Gasteiger partial charge in [0, 0.05) is 13.1 Å². The summed E-state index contributed by atoms with van der Waals surface area (Å²) < 4.78 is 32.0. The van der Waals surface area contributed by atoms with Crippen LogP contribution in [0.15, 0.2) is 48.5 Å². The van der Waals surface area contributed by atoms with Crippen molar-refractivity contribution in [2.45, 2.75) is 39.2 Å². The molecule has 1 aliphatic rings. The number of sulfonamides is 1. The van der Waals surface area contributed by atoms with Crippen LogP contribution in [0, 0.1) is 12.8 Å². The number of nitrogens with zero attached hydrogens (tertiary/aromatic N) is 2. The zero-order valence-electron chi connectivity index (χ0n) is 18.7. The van der Waals surface area contributed by atoms with Gasteiger partial charge in [0.15, 0.2) is 0 Å². The Kier molecular flexibility index (Phi) is 7.26. The van der Waals surface area contributed by atoms with Gasteiger partial charge in [-0.25, -0.2) is 8.42 Å². The molecule has 0 spiro atoms. The molecule has 168 valence electrons. The number of likely N-dealkylation sites (tertiary alicyclic amines) is 1. The van der Waals surface area contributed by atoms with Crippen LogP contribution in [-0.2, 0) is 21.2 Å². The second kappa shape index (κ2) is 9.73. The van der Waals surface area contributed by atoms with E-state index < -0.39 is 16.1 Å². The highest BCUT2D eigenvalue weighted by Gasteiger charge is 2.35. The quantitative estimate of drug-likeness (QED) is 0.654. The largest absolute Gasteiger partial charge is 0.495 e. The number of aryl methyl sites for hydroxylation is 1. The first kappa shape index (κ1) is 23.1. The molecule has 0 N–H and O–H groups in total. The van der Waals surface area contributed by atoms with Gasteiger partial charge in [0.25, 0.3) is 0 Å². The summed E-state index contributed by atoms with van der Waals surface area (Å²) in [5, 5.41) is 0. The number of anilines is 1. The number of benzene rings is 2. The van der Waals surface area contributed by atoms with Gasteiger partial charge in [0.2, 0.25) is 15.9 Å². The molecule has 3 rings (SSSR count). The minimum Gasteiger partial charge on any atom is -0.495 e. The lowest BCUT2D eigenvalue weighted by Gasteiger charge is -2.37. The lowest BCUT2D eigenvalue weighted by Crippen LogP contribution is -2.51. The van der Waals surface area contributed by atoms with E-state index in [2.05, 4.69) is 24.3 Å². The molecule has 7 heteroatoms. The van der Waals surface area contributed by atoms with Gasteiger partial charge in [-0.1, -0.05) is 36.4 Å². The van der Waals surface area contributed by atoms with Crippen molar-refractivity contribution in [3.8, 4) is 5.75 Å². The van der Waals surface area contributed by atoms with Crippen LogP contribution in [0.2, 0.25) is 0 Å². The van der Waals surface area contributed by atoms with Crippen molar-refractivity contribution < 1.29 is 17.9 Å². The molecule has 1 fully saturated rings. The molecule has 6 nitrogen and oxygen atoms in total. The van der Waals surface area contributed by atoms with E-state index in [1.165, 1.54) is 17.0 Å². The van der Waals surface area contributed by atoms with E-state index in [-0.39, 0.29) is 5.91 Å². The molecule has 31 heavy (non-hydrogen) atoms. The van der Waals surface area contributed by atoms with E-state index >= 15 is 0 Å². The summed E-state index contributed by atoms with van der Waals surface area (Å²) >= 11 is 0. The molecule has 0 bridgehead atoms. The molecule has 1 aliphatic heterocycles. The number of methoxy groups -OCH3 is 1. The van der Waals surface area contributed by atoms with Crippen molar-refractivity contribution in [1.29, 1.82) is 0 Å². The Morgan fingerprint density at radius 1 is 1.16 bits per heavy atom. The SMILES string of the molecule is COc1ccc(C)cc1N(C(C)C(=O)N1CCC(Cc2ccccc2)CC1)S(C)(=O)=O. The predicted octanol–water partition coefficient (Wildman–Crippen LogP) is 3.64. The first-order valence-electron chi connectivity index (χ1n) is 10.7. The molecule has 1 amide bonds. The van der Waals surface area contributed by atoms with Crippen LogP contribution in [0.4, 0.5) is 5.69 Å². The highest BCUT2D eigenvalue weighted by molar-refractivity contribution is 7.92. The zero-order valence-corrected chi connectivity index (χ0v) is 19.6. The van der Waals surface area contributed by atoms with Gasteiger partial charge in [0.1, 0.15) is 11.8 Å². The number of amides is 1. The Balaban J connectivity index is 1.74. The Morgan fingerprint density at radius 2 is 1.81 bits per heavy atom. The lowest BCUT2D eigenvalue weighted by atomic mass is 9.90. The Bertz CT molecular complexity index is 999. The molecule has 1 heterocycles. The molecular formula is C24H32N2O4S. The molecule has 2 aromatic rings. The van der Waals surface area contributed by atoms with Crippen molar-refractivity contribution >= 4 is 21.6 Å². The van der Waals surface area contributed by atoms with Crippen LogP contribution in [0.3, 0.4) is 0 Å². The fraction of sp³-hybridized carbons (Fsp3) is 0.458. The van der Waals surface area contributed by atoms with Gasteiger partial charge in [-0.15, -0.1) is 0 Å². The van der Waals surface area contributed by atoms with Crippen LogP contribution in [0.5, 0.6) is 5.75 Å². The average Bonchev–Trinajstić information content (AvgIpc) is 2.74. The van der Waals surface area contributed by atoms with Crippen LogP contribution in [0.1, 0.15) is 30.9 Å².